The molecule has 2 amide bonds. The molecule has 0 saturated heterocycles. The van der Waals surface area contributed by atoms with Crippen LogP contribution in [0.25, 0.3) is 0 Å². The number of Topliss-reactive ketones (excluding diaryl/α,β-unsaturated/α-hetero) is 1. The molecule has 0 aliphatic rings. The number of hydrogen-bond donors (Lipinski definition) is 5. The number of ketones is 1. The fourth-order valence-corrected chi connectivity index (χ4v) is 1.20. The molecule has 0 heterocycles. The normalized spacial score (nSPS) is 10.8. The molecule has 0 spiro atoms. The van der Waals surface area contributed by atoms with Crippen LogP contribution in [0.4, 0.5) is 4.79 Å². The van der Waals surface area contributed by atoms with Crippen LogP contribution >= 0.6 is 0 Å². The third-order valence-corrected chi connectivity index (χ3v) is 2.63. The van der Waals surface area contributed by atoms with Crippen LogP contribution in [0.5, 0.6) is 0 Å². The second-order valence-electron chi connectivity index (χ2n) is 5.02. The van der Waals surface area contributed by atoms with Gasteiger partial charge in [-0.1, -0.05) is 20.8 Å². The van der Waals surface area contributed by atoms with Crippen LogP contribution in [0.2, 0.25) is 0 Å². The number of carbonyl (C=O) groups is 5. The van der Waals surface area contributed by atoms with E-state index in [1.54, 1.807) is 20.8 Å². The lowest BCUT2D eigenvalue weighted by Crippen LogP contribution is -2.47. The molecule has 1 unspecified atom stereocenters. The van der Waals surface area contributed by atoms with Crippen molar-refractivity contribution in [2.24, 2.45) is 5.92 Å². The molecule has 0 saturated carbocycles. The second kappa shape index (κ2) is 12.9. The number of nitrogens with one attached hydrogen (secondary N) is 2. The lowest BCUT2D eigenvalue weighted by atomic mass is 10.0. The van der Waals surface area contributed by atoms with Gasteiger partial charge in [0.1, 0.15) is 18.4 Å². The van der Waals surface area contributed by atoms with Crippen molar-refractivity contribution in [2.75, 3.05) is 6.54 Å². The minimum Gasteiger partial charge on any atom is -0.481 e. The van der Waals surface area contributed by atoms with Crippen LogP contribution in [-0.4, -0.2) is 57.6 Å². The highest BCUT2D eigenvalue weighted by Crippen LogP contribution is 2.05. The van der Waals surface area contributed by atoms with E-state index in [0.717, 1.165) is 0 Å². The molecule has 1 atom stereocenters. The van der Waals surface area contributed by atoms with Crippen LogP contribution in [0.15, 0.2) is 0 Å². The van der Waals surface area contributed by atoms with Crippen molar-refractivity contribution < 1.29 is 39.3 Å². The molecular formula is C14H24N2O8. The van der Waals surface area contributed by atoms with Gasteiger partial charge in [0.2, 0.25) is 0 Å². The van der Waals surface area contributed by atoms with Gasteiger partial charge in [0, 0.05) is 18.8 Å². The van der Waals surface area contributed by atoms with Crippen LogP contribution in [-0.2, 0) is 19.2 Å². The molecule has 138 valence electrons. The molecule has 0 radical (unpaired) electrons. The Morgan fingerprint density at radius 2 is 1.46 bits per heavy atom. The highest BCUT2D eigenvalue weighted by Gasteiger charge is 2.21. The maximum atomic E-state index is 11.4. The lowest BCUT2D eigenvalue weighted by Gasteiger charge is -2.14. The van der Waals surface area contributed by atoms with Crippen molar-refractivity contribution in [2.45, 2.75) is 46.1 Å². The van der Waals surface area contributed by atoms with Crippen molar-refractivity contribution in [3.8, 4) is 0 Å². The zero-order chi connectivity index (χ0) is 19.3. The average Bonchev–Trinajstić information content (AvgIpc) is 2.48. The summed E-state index contributed by atoms with van der Waals surface area (Å²) in [6.07, 6.45) is 0.223. The standard InChI is InChI=1S/C11H18N2O6.C3H6O2/c1-6(2)8(14)4-3-7(10(17)18)13-11(19)12-5-9(15)16;1-2-3(4)5/h6-7H,3-5H2,1-2H3,(H,15,16)(H,17,18)(H2,12,13,19);2H2,1H3,(H,4,5). The molecule has 0 aromatic heterocycles. The van der Waals surface area contributed by atoms with Gasteiger partial charge in [-0.3, -0.25) is 14.4 Å². The van der Waals surface area contributed by atoms with Crippen molar-refractivity contribution >= 4 is 29.7 Å². The van der Waals surface area contributed by atoms with E-state index in [2.05, 4.69) is 5.32 Å². The highest BCUT2D eigenvalue weighted by molar-refractivity contribution is 5.85. The SMILES string of the molecule is CC(C)C(=O)CCC(NC(=O)NCC(=O)O)C(=O)O.CCC(=O)O. The van der Waals surface area contributed by atoms with Crippen LogP contribution < -0.4 is 10.6 Å². The number of carbonyl (C=O) groups excluding carboxylic acids is 2. The first kappa shape index (κ1) is 23.6. The number of urea groups is 1. The minimum absolute atomic E-state index is 0.0349. The Labute approximate surface area is 139 Å². The molecule has 0 aliphatic heterocycles. The Bertz CT molecular complexity index is 462. The summed E-state index contributed by atoms with van der Waals surface area (Å²) < 4.78 is 0. The zero-order valence-corrected chi connectivity index (χ0v) is 13.9. The molecule has 0 aliphatic carbocycles. The first-order chi connectivity index (χ1) is 11.0. The molecule has 0 bridgehead atoms. The van der Waals surface area contributed by atoms with E-state index in [1.165, 1.54) is 0 Å². The summed E-state index contributed by atoms with van der Waals surface area (Å²) in [7, 11) is 0. The number of aliphatic carboxylic acids is 3. The highest BCUT2D eigenvalue weighted by atomic mass is 16.4. The maximum absolute atomic E-state index is 11.4. The molecular weight excluding hydrogens is 324 g/mol. The number of amides is 2. The molecule has 0 aromatic carbocycles. The summed E-state index contributed by atoms with van der Waals surface area (Å²) in [4.78, 5) is 53.0. The number of rotatable bonds is 9. The Morgan fingerprint density at radius 1 is 0.958 bits per heavy atom. The first-order valence-corrected chi connectivity index (χ1v) is 7.24. The summed E-state index contributed by atoms with van der Waals surface area (Å²) >= 11 is 0. The van der Waals surface area contributed by atoms with Gasteiger partial charge in [-0.2, -0.15) is 0 Å². The van der Waals surface area contributed by atoms with Crippen molar-refractivity contribution in [3.63, 3.8) is 0 Å². The maximum Gasteiger partial charge on any atom is 0.326 e. The molecule has 0 aromatic rings. The number of carboxylic acid groups (broad SMARTS) is 3. The first-order valence-electron chi connectivity index (χ1n) is 7.24. The predicted octanol–water partition coefficient (Wildman–Crippen LogP) is 0.310. The van der Waals surface area contributed by atoms with Gasteiger partial charge in [-0.15, -0.1) is 0 Å². The van der Waals surface area contributed by atoms with E-state index >= 15 is 0 Å². The summed E-state index contributed by atoms with van der Waals surface area (Å²) in [5.41, 5.74) is 0. The molecule has 0 rings (SSSR count). The van der Waals surface area contributed by atoms with Gasteiger partial charge >= 0.3 is 23.9 Å². The number of carboxylic acids is 3. The van der Waals surface area contributed by atoms with Gasteiger partial charge in [0.05, 0.1) is 0 Å². The summed E-state index contributed by atoms with van der Waals surface area (Å²) in [5, 5.41) is 29.0. The fourth-order valence-electron chi connectivity index (χ4n) is 1.20. The predicted molar refractivity (Wildman–Crippen MR) is 82.6 cm³/mol. The Kier molecular flexibility index (Phi) is 12.6. The van der Waals surface area contributed by atoms with E-state index in [9.17, 15) is 24.0 Å². The van der Waals surface area contributed by atoms with E-state index in [0.29, 0.717) is 0 Å². The van der Waals surface area contributed by atoms with Gasteiger partial charge < -0.3 is 26.0 Å². The Hall–Kier alpha value is -2.65. The van der Waals surface area contributed by atoms with E-state index in [-0.39, 0.29) is 31.0 Å². The second-order valence-corrected chi connectivity index (χ2v) is 5.02. The molecule has 0 fully saturated rings. The van der Waals surface area contributed by atoms with E-state index < -0.39 is 36.5 Å². The van der Waals surface area contributed by atoms with Crippen LogP contribution in [0, 0.1) is 5.92 Å². The van der Waals surface area contributed by atoms with Crippen molar-refractivity contribution in [3.05, 3.63) is 0 Å². The Balaban J connectivity index is 0. The summed E-state index contributed by atoms with van der Waals surface area (Å²) in [6.45, 7) is 4.39. The molecule has 10 nitrogen and oxygen atoms in total. The van der Waals surface area contributed by atoms with E-state index in [1.807, 2.05) is 5.32 Å². The van der Waals surface area contributed by atoms with Gasteiger partial charge in [-0.05, 0) is 6.42 Å². The lowest BCUT2D eigenvalue weighted by molar-refractivity contribution is -0.139. The molecule has 10 heteroatoms. The van der Waals surface area contributed by atoms with Crippen molar-refractivity contribution in [1.82, 2.24) is 10.6 Å². The monoisotopic (exact) mass is 348 g/mol. The summed E-state index contributed by atoms with van der Waals surface area (Å²) in [6, 6.07) is -2.12. The Morgan fingerprint density at radius 3 is 1.79 bits per heavy atom. The topological polar surface area (TPSA) is 170 Å². The minimum atomic E-state index is -1.28. The molecule has 5 N–H and O–H groups in total. The van der Waals surface area contributed by atoms with Gasteiger partial charge in [0.25, 0.3) is 0 Å². The molecule has 24 heavy (non-hydrogen) atoms. The third-order valence-electron chi connectivity index (χ3n) is 2.63. The number of hydrogen-bond acceptors (Lipinski definition) is 5. The summed E-state index contributed by atoms with van der Waals surface area (Å²) in [5.74, 6) is -3.56. The smallest absolute Gasteiger partial charge is 0.326 e. The zero-order valence-electron chi connectivity index (χ0n) is 13.9. The van der Waals surface area contributed by atoms with Crippen LogP contribution in [0.1, 0.15) is 40.0 Å². The van der Waals surface area contributed by atoms with Gasteiger partial charge in [0.15, 0.2) is 0 Å². The van der Waals surface area contributed by atoms with Gasteiger partial charge in [-0.25, -0.2) is 9.59 Å². The van der Waals surface area contributed by atoms with Crippen LogP contribution in [0.3, 0.4) is 0 Å². The fraction of sp³-hybridized carbons (Fsp3) is 0.643. The van der Waals surface area contributed by atoms with E-state index in [4.69, 9.17) is 15.3 Å². The third kappa shape index (κ3) is 14.3. The quantitative estimate of drug-likeness (QED) is 0.396. The largest absolute Gasteiger partial charge is 0.481 e. The average molecular weight is 348 g/mol. The van der Waals surface area contributed by atoms with Crippen molar-refractivity contribution in [1.29, 1.82) is 0 Å².